The minimum absolute atomic E-state index is 0. The third-order valence-corrected chi connectivity index (χ3v) is 7.48. The van der Waals surface area contributed by atoms with Gasteiger partial charge in [-0.05, 0) is 85.8 Å². The Morgan fingerprint density at radius 3 is 1.96 bits per heavy atom. The number of ketones is 2. The van der Waals surface area contributed by atoms with Gasteiger partial charge in [0.15, 0.2) is 11.5 Å². The van der Waals surface area contributed by atoms with E-state index in [0.717, 1.165) is 20.7 Å². The minimum Gasteiger partial charge on any atom is -1.00 e. The summed E-state index contributed by atoms with van der Waals surface area (Å²) in [4.78, 5) is 45.6. The van der Waals surface area contributed by atoms with Gasteiger partial charge in [-0.25, -0.2) is 28.5 Å². The second kappa shape index (κ2) is 21.4. The second-order valence-corrected chi connectivity index (χ2v) is 11.7. The van der Waals surface area contributed by atoms with E-state index in [1.54, 1.807) is 31.2 Å². The van der Waals surface area contributed by atoms with Crippen LogP contribution in [0.3, 0.4) is 0 Å². The number of Topliss-reactive ketones (excluding diaryl/α,β-unsaturated/α-hetero) is 2. The summed E-state index contributed by atoms with van der Waals surface area (Å²) in [5, 5.41) is 4.31. The van der Waals surface area contributed by atoms with Gasteiger partial charge >= 0.3 is 11.9 Å². The van der Waals surface area contributed by atoms with Crippen molar-refractivity contribution in [3.8, 4) is 16.9 Å². The lowest BCUT2D eigenvalue weighted by Crippen LogP contribution is -3.00. The number of anilines is 1. The normalized spacial score (nSPS) is 9.84. The first kappa shape index (κ1) is 42.3. The van der Waals surface area contributed by atoms with Gasteiger partial charge in [-0.1, -0.05) is 56.1 Å². The van der Waals surface area contributed by atoms with E-state index in [1.807, 2.05) is 48.5 Å². The zero-order valence-corrected chi connectivity index (χ0v) is 31.0. The van der Waals surface area contributed by atoms with Gasteiger partial charge in [0.2, 0.25) is 12.4 Å². The van der Waals surface area contributed by atoms with Crippen molar-refractivity contribution in [2.24, 2.45) is 0 Å². The molecule has 0 saturated heterocycles. The molecule has 0 unspecified atom stereocenters. The van der Waals surface area contributed by atoms with E-state index >= 15 is 0 Å². The van der Waals surface area contributed by atoms with E-state index in [4.69, 9.17) is 4.74 Å². The second-order valence-electron chi connectivity index (χ2n) is 9.83. The maximum absolute atomic E-state index is 14.2. The molecule has 0 aliphatic carbocycles. The molecule has 10 nitrogen and oxygen atoms in total. The number of hydrogen-bond donors (Lipinski definition) is 2. The first-order valence-corrected chi connectivity index (χ1v) is 16.4. The van der Waals surface area contributed by atoms with Crippen LogP contribution in [0.2, 0.25) is 0 Å². The van der Waals surface area contributed by atoms with Crippen LogP contribution in [-0.2, 0) is 19.1 Å². The Morgan fingerprint density at radius 2 is 1.41 bits per heavy atom. The van der Waals surface area contributed by atoms with Gasteiger partial charge in [0.05, 0.1) is 35.7 Å². The summed E-state index contributed by atoms with van der Waals surface area (Å²) in [6.45, 7) is 5.00. The van der Waals surface area contributed by atoms with Crippen LogP contribution in [0, 0.1) is 18.6 Å². The molecule has 5 aromatic rings. The summed E-state index contributed by atoms with van der Waals surface area (Å²) in [6, 6.07) is 28.4. The van der Waals surface area contributed by atoms with Crippen molar-refractivity contribution in [2.45, 2.75) is 13.3 Å². The SMILES string of the molecule is CCOC(=O)c1cc(-c2ccccc2F)n(-c2ccc(Br)cc2)n1.[CH2+]COC(=O)C(=O)CC(=O)c1ccccc1F.[Cl-].[NH3+]Nc1ccc(Br)cc1. The Bertz CT molecular complexity index is 1930. The van der Waals surface area contributed by atoms with E-state index < -0.39 is 35.7 Å². The molecule has 266 valence electrons. The maximum Gasteiger partial charge on any atom is 0.378 e. The lowest BCUT2D eigenvalue weighted by atomic mass is 10.1. The molecule has 0 atom stereocenters. The first-order valence-electron chi connectivity index (χ1n) is 14.8. The van der Waals surface area contributed by atoms with E-state index in [1.165, 1.54) is 28.9 Å². The highest BCUT2D eigenvalue weighted by Gasteiger charge is 2.22. The summed E-state index contributed by atoms with van der Waals surface area (Å²) in [5.74, 6) is -1.03. The van der Waals surface area contributed by atoms with Crippen LogP contribution in [0.4, 0.5) is 14.5 Å². The number of quaternary nitrogens is 1. The van der Waals surface area contributed by atoms with Gasteiger partial charge in [0, 0.05) is 14.5 Å². The van der Waals surface area contributed by atoms with Crippen LogP contribution in [0.25, 0.3) is 16.9 Å². The van der Waals surface area contributed by atoms with E-state index in [0.29, 0.717) is 16.9 Å². The standard InChI is InChI=1S/C18H14BrFN2O2.C12H10FO4.C6H7BrN2.ClH/c1-2-24-18(23)16-11-17(14-5-3-4-6-15(14)20)22(21-16)13-9-7-12(19)8-10-13;1-2-17-12(16)11(15)7-10(14)8-5-3-4-6-9(8)13;7-5-1-3-6(9-8)4-2-5;/h3-11H,2H2,1H3;3-6H,1-2,7H2;1-4,9H,8H2;1H/q;+1;;. The molecular weight excluding hydrogens is 818 g/mol. The van der Waals surface area contributed by atoms with Crippen LogP contribution < -0.4 is 23.7 Å². The molecule has 0 radical (unpaired) electrons. The van der Waals surface area contributed by atoms with Crippen LogP contribution in [0.5, 0.6) is 0 Å². The smallest absolute Gasteiger partial charge is 0.378 e. The van der Waals surface area contributed by atoms with Gasteiger partial charge in [-0.3, -0.25) is 15.4 Å². The van der Waals surface area contributed by atoms with Crippen molar-refractivity contribution in [1.29, 1.82) is 0 Å². The van der Waals surface area contributed by atoms with E-state index in [2.05, 4.69) is 59.9 Å². The predicted octanol–water partition coefficient (Wildman–Crippen LogP) is 3.98. The lowest BCUT2D eigenvalue weighted by Gasteiger charge is -2.08. The van der Waals surface area contributed by atoms with Crippen molar-refractivity contribution in [1.82, 2.24) is 9.78 Å². The molecule has 51 heavy (non-hydrogen) atoms. The number of carbonyl (C=O) groups is 4. The number of ether oxygens (including phenoxy) is 2. The highest BCUT2D eigenvalue weighted by Crippen LogP contribution is 2.27. The molecule has 4 aromatic carbocycles. The van der Waals surface area contributed by atoms with E-state index in [-0.39, 0.29) is 42.7 Å². The maximum atomic E-state index is 14.2. The topological polar surface area (TPSA) is 144 Å². The highest BCUT2D eigenvalue weighted by molar-refractivity contribution is 9.10. The molecule has 0 fully saturated rings. The Kier molecular flexibility index (Phi) is 17.7. The Morgan fingerprint density at radius 1 is 0.843 bits per heavy atom. The summed E-state index contributed by atoms with van der Waals surface area (Å²) < 4.78 is 40.3. The number of aromatic nitrogens is 2. The third kappa shape index (κ3) is 12.7. The van der Waals surface area contributed by atoms with E-state index in [9.17, 15) is 28.0 Å². The Labute approximate surface area is 316 Å². The number of carbonyl (C=O) groups excluding carboxylic acids is 4. The predicted molar refractivity (Wildman–Crippen MR) is 190 cm³/mol. The minimum atomic E-state index is -1.13. The molecule has 0 amide bonds. The monoisotopic (exact) mass is 847 g/mol. The molecular formula is C36H32Br2ClF2N4O6+. The Balaban J connectivity index is 0.000000291. The van der Waals surface area contributed by atoms with Crippen LogP contribution in [0.1, 0.15) is 34.2 Å². The molecule has 1 heterocycles. The quantitative estimate of drug-likeness (QED) is 0.0537. The van der Waals surface area contributed by atoms with Gasteiger partial charge in [-0.2, -0.15) is 5.10 Å². The number of halogens is 5. The summed E-state index contributed by atoms with van der Waals surface area (Å²) in [6.07, 6.45) is -0.709. The average Bonchev–Trinajstić information content (AvgIpc) is 3.55. The van der Waals surface area contributed by atoms with Crippen molar-refractivity contribution < 1.29 is 55.7 Å². The first-order chi connectivity index (χ1) is 24.0. The number of benzene rings is 4. The molecule has 0 aliphatic rings. The summed E-state index contributed by atoms with van der Waals surface area (Å²) in [5.41, 5.74) is 5.29. The molecule has 5 rings (SSSR count). The molecule has 0 bridgehead atoms. The van der Waals surface area contributed by atoms with Gasteiger partial charge in [0.25, 0.3) is 0 Å². The molecule has 1 aromatic heterocycles. The number of nitrogens with one attached hydrogen (secondary N) is 1. The molecule has 4 N–H and O–H groups in total. The number of hydrogen-bond acceptors (Lipinski definition) is 8. The Hall–Kier alpha value is -4.89. The average molecular weight is 850 g/mol. The molecule has 0 spiro atoms. The third-order valence-electron chi connectivity index (χ3n) is 6.42. The fourth-order valence-electron chi connectivity index (χ4n) is 4.07. The molecule has 0 saturated carbocycles. The number of esters is 2. The van der Waals surface area contributed by atoms with Crippen LogP contribution >= 0.6 is 31.9 Å². The molecule has 0 aliphatic heterocycles. The number of nitrogens with zero attached hydrogens (tertiary/aromatic N) is 2. The largest absolute Gasteiger partial charge is 1.00 e. The van der Waals surface area contributed by atoms with Crippen molar-refractivity contribution in [2.75, 3.05) is 18.6 Å². The van der Waals surface area contributed by atoms with Crippen LogP contribution in [-0.4, -0.2) is 46.5 Å². The fourth-order valence-corrected chi connectivity index (χ4v) is 4.60. The fraction of sp³-hybridized carbons (Fsp3) is 0.111. The van der Waals surface area contributed by atoms with Gasteiger partial charge < -0.3 is 21.9 Å². The summed E-state index contributed by atoms with van der Waals surface area (Å²) >= 11 is 6.70. The van der Waals surface area contributed by atoms with Gasteiger partial charge in [0.1, 0.15) is 18.6 Å². The number of rotatable bonds is 10. The van der Waals surface area contributed by atoms with Crippen molar-refractivity contribution in [3.63, 3.8) is 0 Å². The highest BCUT2D eigenvalue weighted by atomic mass is 79.9. The molecule has 15 heteroatoms. The van der Waals surface area contributed by atoms with Gasteiger partial charge in [-0.15, -0.1) is 0 Å². The zero-order chi connectivity index (χ0) is 36.6. The van der Waals surface area contributed by atoms with Crippen molar-refractivity contribution >= 4 is 61.1 Å². The lowest BCUT2D eigenvalue weighted by molar-refractivity contribution is -0.325. The van der Waals surface area contributed by atoms with Crippen LogP contribution in [0.15, 0.2) is 112 Å². The van der Waals surface area contributed by atoms with Crippen molar-refractivity contribution in [3.05, 3.63) is 142 Å². The zero-order valence-electron chi connectivity index (χ0n) is 27.1. The summed E-state index contributed by atoms with van der Waals surface area (Å²) in [7, 11) is 0.